The van der Waals surface area contributed by atoms with Gasteiger partial charge in [-0.1, -0.05) is 0 Å². The van der Waals surface area contributed by atoms with Gasteiger partial charge in [0.1, 0.15) is 23.2 Å². The van der Waals surface area contributed by atoms with Crippen LogP contribution in [0.25, 0.3) is 0 Å². The molecule has 0 amide bonds. The Morgan fingerprint density at radius 2 is 1.95 bits per heavy atom. The molecule has 1 aromatic carbocycles. The van der Waals surface area contributed by atoms with Crippen molar-refractivity contribution in [3.8, 4) is 0 Å². The topological polar surface area (TPSA) is 82.6 Å². The number of ether oxygens (including phenoxy) is 1. The van der Waals surface area contributed by atoms with E-state index in [-0.39, 0.29) is 37.6 Å². The van der Waals surface area contributed by atoms with Crippen LogP contribution in [0, 0.1) is 17.0 Å². The number of amidine groups is 1. The molecule has 5 nitrogen and oxygen atoms in total. The lowest BCUT2D eigenvalue weighted by atomic mass is 10.1. The third kappa shape index (κ3) is 3.87. The van der Waals surface area contributed by atoms with Crippen molar-refractivity contribution in [2.75, 3.05) is 38.3 Å². The first-order valence-corrected chi connectivity index (χ1v) is 5.69. The number of hydrogen-bond donors (Lipinski definition) is 3. The lowest BCUT2D eigenvalue weighted by Crippen LogP contribution is -2.32. The van der Waals surface area contributed by atoms with E-state index in [0.717, 1.165) is 12.1 Å². The molecule has 0 saturated carbocycles. The van der Waals surface area contributed by atoms with E-state index in [1.807, 2.05) is 0 Å². The van der Waals surface area contributed by atoms with Crippen LogP contribution < -0.4 is 10.6 Å². The van der Waals surface area contributed by atoms with Gasteiger partial charge in [-0.3, -0.25) is 5.41 Å². The summed E-state index contributed by atoms with van der Waals surface area (Å²) in [4.78, 5) is 1.35. The fraction of sp³-hybridized carbons (Fsp3) is 0.417. The minimum atomic E-state index is -0.824. The average Bonchev–Trinajstić information content (AvgIpc) is 2.34. The molecule has 0 heterocycles. The number of anilines is 1. The van der Waals surface area contributed by atoms with Gasteiger partial charge < -0.3 is 20.5 Å². The molecular formula is C12H17F2N3O2. The highest BCUT2D eigenvalue weighted by Gasteiger charge is 2.18. The number of nitrogens with two attached hydrogens (primary N) is 1. The SMILES string of the molecule is COCCN(CCO)c1c(F)cc(C(=N)N)cc1F. The molecule has 0 aliphatic carbocycles. The van der Waals surface area contributed by atoms with Crippen molar-refractivity contribution < 1.29 is 18.6 Å². The second-order valence-corrected chi connectivity index (χ2v) is 3.91. The van der Waals surface area contributed by atoms with E-state index < -0.39 is 17.5 Å². The van der Waals surface area contributed by atoms with Crippen LogP contribution in [0.4, 0.5) is 14.5 Å². The Hall–Kier alpha value is -1.73. The van der Waals surface area contributed by atoms with Crippen molar-refractivity contribution in [3.63, 3.8) is 0 Å². The van der Waals surface area contributed by atoms with Gasteiger partial charge in [0.2, 0.25) is 0 Å². The van der Waals surface area contributed by atoms with Gasteiger partial charge in [0.05, 0.1) is 13.2 Å². The van der Waals surface area contributed by atoms with Crippen molar-refractivity contribution in [3.05, 3.63) is 29.3 Å². The van der Waals surface area contributed by atoms with E-state index >= 15 is 0 Å². The highest BCUT2D eigenvalue weighted by molar-refractivity contribution is 5.95. The van der Waals surface area contributed by atoms with Gasteiger partial charge in [0.25, 0.3) is 0 Å². The zero-order valence-corrected chi connectivity index (χ0v) is 10.6. The second kappa shape index (κ2) is 7.01. The van der Waals surface area contributed by atoms with Crippen LogP contribution in [0.15, 0.2) is 12.1 Å². The van der Waals surface area contributed by atoms with Gasteiger partial charge >= 0.3 is 0 Å². The van der Waals surface area contributed by atoms with Crippen molar-refractivity contribution in [1.82, 2.24) is 0 Å². The summed E-state index contributed by atoms with van der Waals surface area (Å²) < 4.78 is 32.7. The van der Waals surface area contributed by atoms with E-state index in [1.54, 1.807) is 0 Å². The minimum Gasteiger partial charge on any atom is -0.395 e. The van der Waals surface area contributed by atoms with E-state index in [4.69, 9.17) is 21.0 Å². The van der Waals surface area contributed by atoms with E-state index in [0.29, 0.717) is 0 Å². The number of nitrogens with one attached hydrogen (secondary N) is 1. The average molecular weight is 273 g/mol. The molecule has 0 aromatic heterocycles. The van der Waals surface area contributed by atoms with E-state index in [2.05, 4.69) is 0 Å². The molecule has 0 radical (unpaired) electrons. The zero-order valence-electron chi connectivity index (χ0n) is 10.6. The highest BCUT2D eigenvalue weighted by atomic mass is 19.1. The molecule has 0 aliphatic rings. The Labute approximate surface area is 110 Å². The fourth-order valence-corrected chi connectivity index (χ4v) is 1.68. The molecule has 0 saturated heterocycles. The predicted octanol–water partition coefficient (Wildman–Crippen LogP) is 0.694. The van der Waals surface area contributed by atoms with Gasteiger partial charge in [-0.05, 0) is 12.1 Å². The summed E-state index contributed by atoms with van der Waals surface area (Å²) in [7, 11) is 1.47. The van der Waals surface area contributed by atoms with Crippen LogP contribution >= 0.6 is 0 Å². The molecule has 19 heavy (non-hydrogen) atoms. The summed E-state index contributed by atoms with van der Waals surface area (Å²) in [5.41, 5.74) is 4.92. The second-order valence-electron chi connectivity index (χ2n) is 3.91. The van der Waals surface area contributed by atoms with Gasteiger partial charge in [0, 0.05) is 25.8 Å². The van der Waals surface area contributed by atoms with Crippen LogP contribution in [-0.4, -0.2) is 44.4 Å². The van der Waals surface area contributed by atoms with Crippen LogP contribution in [0.3, 0.4) is 0 Å². The van der Waals surface area contributed by atoms with E-state index in [9.17, 15) is 8.78 Å². The highest BCUT2D eigenvalue weighted by Crippen LogP contribution is 2.24. The van der Waals surface area contributed by atoms with Gasteiger partial charge in [-0.2, -0.15) is 0 Å². The van der Waals surface area contributed by atoms with Crippen LogP contribution in [0.1, 0.15) is 5.56 Å². The largest absolute Gasteiger partial charge is 0.395 e. The normalized spacial score (nSPS) is 10.5. The Balaban J connectivity index is 3.11. The van der Waals surface area contributed by atoms with Crippen LogP contribution in [-0.2, 0) is 4.74 Å². The maximum Gasteiger partial charge on any atom is 0.150 e. The Morgan fingerprint density at radius 3 is 2.37 bits per heavy atom. The molecule has 1 aromatic rings. The molecule has 0 spiro atoms. The van der Waals surface area contributed by atoms with Gasteiger partial charge in [0.15, 0.2) is 0 Å². The predicted molar refractivity (Wildman–Crippen MR) is 68.5 cm³/mol. The first kappa shape index (κ1) is 15.3. The summed E-state index contributed by atoms with van der Waals surface area (Å²) in [5, 5.41) is 16.1. The number of hydrogen-bond acceptors (Lipinski definition) is 4. The van der Waals surface area contributed by atoms with Crippen LogP contribution in [0.5, 0.6) is 0 Å². The smallest absolute Gasteiger partial charge is 0.150 e. The molecule has 0 unspecified atom stereocenters. The monoisotopic (exact) mass is 273 g/mol. The maximum absolute atomic E-state index is 13.9. The van der Waals surface area contributed by atoms with Crippen molar-refractivity contribution in [2.24, 2.45) is 5.73 Å². The molecule has 7 heteroatoms. The third-order valence-electron chi connectivity index (χ3n) is 2.58. The number of halogens is 2. The summed E-state index contributed by atoms with van der Waals surface area (Å²) >= 11 is 0. The molecular weight excluding hydrogens is 256 g/mol. The molecule has 1 rings (SSSR count). The summed E-state index contributed by atoms with van der Waals surface area (Å²) in [6, 6.07) is 2.00. The summed E-state index contributed by atoms with van der Waals surface area (Å²) in [5.74, 6) is -2.06. The van der Waals surface area contributed by atoms with Crippen molar-refractivity contribution in [1.29, 1.82) is 5.41 Å². The Morgan fingerprint density at radius 1 is 1.37 bits per heavy atom. The molecule has 0 aliphatic heterocycles. The molecule has 0 atom stereocenters. The zero-order chi connectivity index (χ0) is 14.4. The first-order valence-electron chi connectivity index (χ1n) is 5.69. The number of nitrogens with zero attached hydrogens (tertiary/aromatic N) is 1. The minimum absolute atomic E-state index is 0.0190. The standard InChI is InChI=1S/C12H17F2N3O2/c1-19-5-3-17(2-4-18)11-9(13)6-8(12(15)16)7-10(11)14/h6-7,18H,2-5H2,1H3,(H3,15,16). The third-order valence-corrected chi connectivity index (χ3v) is 2.58. The lowest BCUT2D eigenvalue weighted by Gasteiger charge is -2.24. The first-order chi connectivity index (χ1) is 9.01. The maximum atomic E-state index is 13.9. The quantitative estimate of drug-likeness (QED) is 0.504. The number of rotatable bonds is 7. The number of aliphatic hydroxyl groups excluding tert-OH is 1. The van der Waals surface area contributed by atoms with Gasteiger partial charge in [-0.15, -0.1) is 0 Å². The Kier molecular flexibility index (Phi) is 5.65. The summed E-state index contributed by atoms with van der Waals surface area (Å²) in [6.45, 7) is 0.353. The number of benzene rings is 1. The van der Waals surface area contributed by atoms with Crippen LogP contribution in [0.2, 0.25) is 0 Å². The molecule has 106 valence electrons. The summed E-state index contributed by atoms with van der Waals surface area (Å²) in [6.07, 6.45) is 0. The van der Waals surface area contributed by atoms with Crippen molar-refractivity contribution >= 4 is 11.5 Å². The Bertz CT molecular complexity index is 432. The van der Waals surface area contributed by atoms with E-state index in [1.165, 1.54) is 12.0 Å². The molecule has 0 bridgehead atoms. The fourth-order valence-electron chi connectivity index (χ4n) is 1.68. The lowest BCUT2D eigenvalue weighted by molar-refractivity contribution is 0.202. The molecule has 4 N–H and O–H groups in total. The van der Waals surface area contributed by atoms with Gasteiger partial charge in [-0.25, -0.2) is 8.78 Å². The number of methoxy groups -OCH3 is 1. The number of nitrogen functional groups attached to an aromatic ring is 1. The molecule has 0 fully saturated rings. The number of aliphatic hydroxyl groups is 1. The van der Waals surface area contributed by atoms with Crippen molar-refractivity contribution in [2.45, 2.75) is 0 Å².